The molecular formula is C27H22Cl2N3NaO6S. The second-order valence-corrected chi connectivity index (χ2v) is 10.4. The minimum atomic E-state index is -4.73. The zero-order chi connectivity index (χ0) is 28.3. The molecule has 13 heteroatoms. The van der Waals surface area contributed by atoms with Gasteiger partial charge in [0, 0.05) is 16.0 Å². The smallest absolute Gasteiger partial charge is 0.870 e. The average molecular weight is 610 g/mol. The zero-order valence-electron chi connectivity index (χ0n) is 21.7. The van der Waals surface area contributed by atoms with Gasteiger partial charge in [-0.3, -0.25) is 9.35 Å². The first kappa shape index (κ1) is 31.8. The van der Waals surface area contributed by atoms with Crippen LogP contribution in [0, 0.1) is 0 Å². The van der Waals surface area contributed by atoms with E-state index in [0.717, 1.165) is 0 Å². The number of rotatable bonds is 8. The first-order valence-corrected chi connectivity index (χ1v) is 13.9. The molecule has 0 aromatic heterocycles. The summed E-state index contributed by atoms with van der Waals surface area (Å²) in [4.78, 5) is 12.8. The third-order valence-electron chi connectivity index (χ3n) is 5.79. The van der Waals surface area contributed by atoms with Crippen LogP contribution in [0.1, 0.15) is 29.8 Å². The molecule has 0 aliphatic rings. The molecule has 2 N–H and O–H groups in total. The van der Waals surface area contributed by atoms with Gasteiger partial charge in [-0.1, -0.05) is 66.2 Å². The van der Waals surface area contributed by atoms with E-state index in [9.17, 15) is 22.9 Å². The normalized spacial score (nSPS) is 11.4. The molecule has 0 aliphatic heterocycles. The fourth-order valence-corrected chi connectivity index (χ4v) is 5.55. The number of halogens is 2. The standard InChI is InChI=1S/C27H23Cl2N3O6S.Na/c1-3-16-19(28)12-13-21(26(16)39(35,36)37)31-32-23-17-9-6-5-8-15(17)14-18(25(23)33)27(34)30-24-20(29)10-7-11-22(24)38-4-2;/h5-14,33H,3-4H2,1-2H3,(H,30,34)(H,35,36,37);/q;+1/p-1. The van der Waals surface area contributed by atoms with Gasteiger partial charge in [-0.15, -0.1) is 5.11 Å². The van der Waals surface area contributed by atoms with Crippen LogP contribution in [0.15, 0.2) is 75.8 Å². The van der Waals surface area contributed by atoms with Crippen molar-refractivity contribution in [2.75, 3.05) is 11.9 Å². The number of para-hydroxylation sites is 1. The van der Waals surface area contributed by atoms with Crippen molar-refractivity contribution in [3.05, 3.63) is 81.8 Å². The number of hydrogen-bond donors (Lipinski definition) is 2. The molecule has 0 saturated carbocycles. The first-order valence-electron chi connectivity index (χ1n) is 11.7. The van der Waals surface area contributed by atoms with Crippen LogP contribution in [0.5, 0.6) is 11.5 Å². The third kappa shape index (κ3) is 6.60. The Morgan fingerprint density at radius 1 is 1.02 bits per heavy atom. The summed E-state index contributed by atoms with van der Waals surface area (Å²) in [5, 5.41) is 25.5. The van der Waals surface area contributed by atoms with Gasteiger partial charge in [-0.25, -0.2) is 0 Å². The number of carbonyl (C=O) groups excluding carboxylic acids is 1. The summed E-state index contributed by atoms with van der Waals surface area (Å²) in [6.45, 7) is 3.77. The molecule has 0 unspecified atom stereocenters. The number of anilines is 1. The summed E-state index contributed by atoms with van der Waals surface area (Å²) in [6.07, 6.45) is 0.189. The fourth-order valence-electron chi connectivity index (χ4n) is 4.05. The summed E-state index contributed by atoms with van der Waals surface area (Å²) in [5.41, 5.74) is -0.301. The second-order valence-electron chi connectivity index (χ2n) is 8.23. The quantitative estimate of drug-likeness (QED) is 0.175. The molecule has 1 amide bonds. The van der Waals surface area contributed by atoms with Crippen LogP contribution in [0.25, 0.3) is 10.8 Å². The maximum Gasteiger partial charge on any atom is 1.00 e. The van der Waals surface area contributed by atoms with Crippen molar-refractivity contribution in [1.82, 2.24) is 0 Å². The van der Waals surface area contributed by atoms with Gasteiger partial charge in [-0.05, 0) is 54.6 Å². The number of fused-ring (bicyclic) bond motifs is 1. The second kappa shape index (κ2) is 13.3. The molecule has 4 rings (SSSR count). The van der Waals surface area contributed by atoms with Gasteiger partial charge in [0.05, 0.1) is 17.3 Å². The van der Waals surface area contributed by atoms with Gasteiger partial charge >= 0.3 is 29.6 Å². The van der Waals surface area contributed by atoms with Crippen LogP contribution in [0.3, 0.4) is 0 Å². The number of nitrogens with zero attached hydrogens (tertiary/aromatic N) is 2. The molecule has 202 valence electrons. The van der Waals surface area contributed by atoms with E-state index in [4.69, 9.17) is 27.9 Å². The number of carbonyl (C=O) groups is 1. The summed E-state index contributed by atoms with van der Waals surface area (Å²) in [6, 6.07) is 15.7. The maximum atomic E-state index is 13.5. The van der Waals surface area contributed by atoms with Crippen LogP contribution < -0.4 is 44.7 Å². The van der Waals surface area contributed by atoms with E-state index in [1.807, 2.05) is 0 Å². The molecule has 0 fully saturated rings. The number of hydrogen-bond acceptors (Lipinski definition) is 7. The fraction of sp³-hybridized carbons (Fsp3) is 0.148. The van der Waals surface area contributed by atoms with Gasteiger partial charge in [0.2, 0.25) is 0 Å². The Balaban J connectivity index is 0.00000441. The van der Waals surface area contributed by atoms with E-state index in [1.165, 1.54) is 18.2 Å². The molecule has 0 spiro atoms. The number of ether oxygens (including phenoxy) is 1. The van der Waals surface area contributed by atoms with E-state index in [1.54, 1.807) is 56.3 Å². The van der Waals surface area contributed by atoms with Crippen molar-refractivity contribution < 1.29 is 57.2 Å². The maximum absolute atomic E-state index is 13.5. The molecule has 0 heterocycles. The Labute approximate surface area is 263 Å². The van der Waals surface area contributed by atoms with Crippen molar-refractivity contribution in [2.45, 2.75) is 25.2 Å². The minimum Gasteiger partial charge on any atom is -0.870 e. The SMILES string of the molecule is CCOc1cccc(Cl)c1NC(=O)c1cc2ccccc2c(N=Nc2ccc(Cl)c(CC)c2S(=O)(=O)O)c1[O-].[Na+]. The molecule has 0 radical (unpaired) electrons. The Morgan fingerprint density at radius 2 is 1.75 bits per heavy atom. The Morgan fingerprint density at radius 3 is 2.42 bits per heavy atom. The van der Waals surface area contributed by atoms with Crippen LogP contribution in [-0.2, 0) is 16.5 Å². The predicted molar refractivity (Wildman–Crippen MR) is 149 cm³/mol. The number of benzene rings is 4. The number of amides is 1. The summed E-state index contributed by atoms with van der Waals surface area (Å²) >= 11 is 12.4. The van der Waals surface area contributed by atoms with E-state index < -0.39 is 26.7 Å². The molecule has 4 aromatic rings. The van der Waals surface area contributed by atoms with Crippen molar-refractivity contribution in [3.63, 3.8) is 0 Å². The van der Waals surface area contributed by atoms with Gasteiger partial charge in [0.1, 0.15) is 22.0 Å². The number of nitrogens with one attached hydrogen (secondary N) is 1. The van der Waals surface area contributed by atoms with E-state index in [0.29, 0.717) is 23.1 Å². The summed E-state index contributed by atoms with van der Waals surface area (Å²) < 4.78 is 39.7. The van der Waals surface area contributed by atoms with Gasteiger partial charge in [0.25, 0.3) is 16.0 Å². The average Bonchev–Trinajstić information content (AvgIpc) is 2.89. The van der Waals surface area contributed by atoms with Crippen molar-refractivity contribution in [2.24, 2.45) is 10.2 Å². The molecular weight excluding hydrogens is 588 g/mol. The molecule has 0 atom stereocenters. The zero-order valence-corrected chi connectivity index (χ0v) is 26.1. The molecule has 0 bridgehead atoms. The molecule has 0 saturated heterocycles. The predicted octanol–water partition coefficient (Wildman–Crippen LogP) is 4.10. The van der Waals surface area contributed by atoms with Crippen LogP contribution in [0.2, 0.25) is 10.0 Å². The van der Waals surface area contributed by atoms with Crippen LogP contribution in [-0.4, -0.2) is 25.5 Å². The Bertz CT molecular complexity index is 1730. The topological polar surface area (TPSA) is 140 Å². The molecule has 4 aromatic carbocycles. The monoisotopic (exact) mass is 609 g/mol. The van der Waals surface area contributed by atoms with Crippen molar-refractivity contribution >= 4 is 67.1 Å². The molecule has 40 heavy (non-hydrogen) atoms. The summed E-state index contributed by atoms with van der Waals surface area (Å²) in [7, 11) is -4.73. The van der Waals surface area contributed by atoms with E-state index in [2.05, 4.69) is 15.5 Å². The van der Waals surface area contributed by atoms with Crippen LogP contribution >= 0.6 is 23.2 Å². The molecule has 0 aliphatic carbocycles. The third-order valence-corrected chi connectivity index (χ3v) is 7.43. The number of azo groups is 1. The minimum absolute atomic E-state index is 0. The first-order chi connectivity index (χ1) is 18.6. The van der Waals surface area contributed by atoms with Gasteiger partial charge in [0.15, 0.2) is 0 Å². The Kier molecular flexibility index (Phi) is 10.6. The van der Waals surface area contributed by atoms with Crippen molar-refractivity contribution in [1.29, 1.82) is 0 Å². The van der Waals surface area contributed by atoms with E-state index in [-0.39, 0.29) is 74.2 Å². The Hall–Kier alpha value is -2.70. The van der Waals surface area contributed by atoms with Gasteiger partial charge < -0.3 is 15.2 Å². The molecule has 9 nitrogen and oxygen atoms in total. The largest absolute Gasteiger partial charge is 1.00 e. The van der Waals surface area contributed by atoms with Gasteiger partial charge in [-0.2, -0.15) is 13.5 Å². The van der Waals surface area contributed by atoms with E-state index >= 15 is 0 Å². The van der Waals surface area contributed by atoms with Crippen molar-refractivity contribution in [3.8, 4) is 11.5 Å². The van der Waals surface area contributed by atoms with Crippen LogP contribution in [0.4, 0.5) is 17.1 Å². The summed E-state index contributed by atoms with van der Waals surface area (Å²) in [5.74, 6) is -1.17.